The highest BCUT2D eigenvalue weighted by molar-refractivity contribution is 4.90. The van der Waals surface area contributed by atoms with Crippen LogP contribution in [0.2, 0.25) is 0 Å². The Morgan fingerprint density at radius 2 is 2.21 bits per heavy atom. The summed E-state index contributed by atoms with van der Waals surface area (Å²) in [5, 5.41) is 0. The van der Waals surface area contributed by atoms with Crippen molar-refractivity contribution in [2.45, 2.75) is 44.6 Å². The lowest BCUT2D eigenvalue weighted by atomic mass is 9.85. The molecule has 2 rings (SSSR count). The second kappa shape index (κ2) is 4.63. The Morgan fingerprint density at radius 1 is 1.36 bits per heavy atom. The standard InChI is InChI=1S/C12H23NO/c1-14-8-12(13)5-4-11-7-9-2-3-10(11)6-9/h9-12H,2-8,13H2,1H3. The molecule has 2 N–H and O–H groups in total. The average molecular weight is 197 g/mol. The highest BCUT2D eigenvalue weighted by atomic mass is 16.5. The van der Waals surface area contributed by atoms with Crippen LogP contribution < -0.4 is 5.73 Å². The second-order valence-corrected chi connectivity index (χ2v) is 5.23. The fraction of sp³-hybridized carbons (Fsp3) is 1.00. The number of hydrogen-bond donors (Lipinski definition) is 1. The van der Waals surface area contributed by atoms with Crippen LogP contribution in [-0.4, -0.2) is 19.8 Å². The van der Waals surface area contributed by atoms with Gasteiger partial charge in [0.15, 0.2) is 0 Å². The SMILES string of the molecule is COCC(N)CCC1CC2CCC1C2. The summed E-state index contributed by atoms with van der Waals surface area (Å²) in [7, 11) is 1.73. The van der Waals surface area contributed by atoms with Crippen molar-refractivity contribution in [1.82, 2.24) is 0 Å². The number of ether oxygens (including phenoxy) is 1. The van der Waals surface area contributed by atoms with Crippen LogP contribution in [0.1, 0.15) is 38.5 Å². The van der Waals surface area contributed by atoms with Crippen LogP contribution in [0.3, 0.4) is 0 Å². The highest BCUT2D eigenvalue weighted by Gasteiger charge is 2.38. The minimum Gasteiger partial charge on any atom is -0.383 e. The van der Waals surface area contributed by atoms with E-state index in [1.807, 2.05) is 0 Å². The quantitative estimate of drug-likeness (QED) is 0.733. The maximum atomic E-state index is 5.94. The largest absolute Gasteiger partial charge is 0.383 e. The Hall–Kier alpha value is -0.0800. The van der Waals surface area contributed by atoms with E-state index in [1.165, 1.54) is 32.1 Å². The minimum atomic E-state index is 0.263. The van der Waals surface area contributed by atoms with Gasteiger partial charge < -0.3 is 10.5 Å². The monoisotopic (exact) mass is 197 g/mol. The number of nitrogens with two attached hydrogens (primary N) is 1. The molecule has 0 saturated heterocycles. The average Bonchev–Trinajstić information content (AvgIpc) is 2.76. The Kier molecular flexibility index (Phi) is 3.45. The third kappa shape index (κ3) is 2.29. The van der Waals surface area contributed by atoms with Crippen molar-refractivity contribution in [2.24, 2.45) is 23.5 Å². The Labute approximate surface area is 87.2 Å². The topological polar surface area (TPSA) is 35.2 Å². The normalized spacial score (nSPS) is 37.7. The van der Waals surface area contributed by atoms with E-state index in [-0.39, 0.29) is 6.04 Å². The first kappa shape index (κ1) is 10.4. The molecule has 0 amide bonds. The third-order valence-electron chi connectivity index (χ3n) is 4.17. The summed E-state index contributed by atoms with van der Waals surface area (Å²) in [6.07, 6.45) is 8.50. The molecular weight excluding hydrogens is 174 g/mol. The number of rotatable bonds is 5. The van der Waals surface area contributed by atoms with Crippen LogP contribution >= 0.6 is 0 Å². The van der Waals surface area contributed by atoms with E-state index in [0.29, 0.717) is 0 Å². The van der Waals surface area contributed by atoms with Gasteiger partial charge in [-0.15, -0.1) is 0 Å². The molecule has 2 saturated carbocycles. The Balaban J connectivity index is 1.66. The van der Waals surface area contributed by atoms with Crippen molar-refractivity contribution in [2.75, 3.05) is 13.7 Å². The van der Waals surface area contributed by atoms with E-state index in [9.17, 15) is 0 Å². The van der Waals surface area contributed by atoms with Gasteiger partial charge in [0, 0.05) is 13.2 Å². The summed E-state index contributed by atoms with van der Waals surface area (Å²) in [6.45, 7) is 0.723. The van der Waals surface area contributed by atoms with Gasteiger partial charge in [-0.25, -0.2) is 0 Å². The zero-order valence-corrected chi connectivity index (χ0v) is 9.24. The molecule has 0 aromatic rings. The summed E-state index contributed by atoms with van der Waals surface area (Å²) in [5.41, 5.74) is 5.94. The molecule has 4 atom stereocenters. The first-order valence-corrected chi connectivity index (χ1v) is 6.04. The van der Waals surface area contributed by atoms with Gasteiger partial charge in [-0.2, -0.15) is 0 Å². The van der Waals surface area contributed by atoms with E-state index in [4.69, 9.17) is 10.5 Å². The molecule has 0 aromatic carbocycles. The fourth-order valence-electron chi connectivity index (χ4n) is 3.46. The number of hydrogen-bond acceptors (Lipinski definition) is 2. The maximum absolute atomic E-state index is 5.94. The highest BCUT2D eigenvalue weighted by Crippen LogP contribution is 2.49. The summed E-state index contributed by atoms with van der Waals surface area (Å²) in [4.78, 5) is 0. The van der Waals surface area contributed by atoms with Crippen molar-refractivity contribution < 1.29 is 4.74 Å². The van der Waals surface area contributed by atoms with Gasteiger partial charge in [-0.1, -0.05) is 6.42 Å². The van der Waals surface area contributed by atoms with Crippen molar-refractivity contribution in [3.63, 3.8) is 0 Å². The molecule has 0 heterocycles. The van der Waals surface area contributed by atoms with Gasteiger partial charge in [0.05, 0.1) is 6.61 Å². The van der Waals surface area contributed by atoms with E-state index in [0.717, 1.165) is 30.8 Å². The predicted molar refractivity (Wildman–Crippen MR) is 58.0 cm³/mol. The number of fused-ring (bicyclic) bond motifs is 2. The Bertz CT molecular complexity index is 183. The van der Waals surface area contributed by atoms with Crippen molar-refractivity contribution in [3.8, 4) is 0 Å². The summed E-state index contributed by atoms with van der Waals surface area (Å²) in [6, 6.07) is 0.263. The molecule has 0 aromatic heterocycles. The zero-order chi connectivity index (χ0) is 9.97. The molecule has 4 unspecified atom stereocenters. The molecule has 0 spiro atoms. The van der Waals surface area contributed by atoms with Crippen LogP contribution in [0, 0.1) is 17.8 Å². The van der Waals surface area contributed by atoms with E-state index < -0.39 is 0 Å². The lowest BCUT2D eigenvalue weighted by molar-refractivity contribution is 0.170. The lowest BCUT2D eigenvalue weighted by Crippen LogP contribution is -2.26. The maximum Gasteiger partial charge on any atom is 0.0613 e. The van der Waals surface area contributed by atoms with E-state index in [2.05, 4.69) is 0 Å². The molecule has 2 aliphatic rings. The number of methoxy groups -OCH3 is 1. The predicted octanol–water partition coefficient (Wildman–Crippen LogP) is 2.18. The third-order valence-corrected chi connectivity index (χ3v) is 4.17. The van der Waals surface area contributed by atoms with E-state index >= 15 is 0 Å². The van der Waals surface area contributed by atoms with E-state index in [1.54, 1.807) is 7.11 Å². The van der Waals surface area contributed by atoms with Gasteiger partial charge in [-0.3, -0.25) is 0 Å². The van der Waals surface area contributed by atoms with Gasteiger partial charge in [0.2, 0.25) is 0 Å². The van der Waals surface area contributed by atoms with Gasteiger partial charge in [0.25, 0.3) is 0 Å². The van der Waals surface area contributed by atoms with Crippen LogP contribution in [0.25, 0.3) is 0 Å². The molecule has 14 heavy (non-hydrogen) atoms. The molecular formula is C12H23NO. The summed E-state index contributed by atoms with van der Waals surface area (Å²) in [5.74, 6) is 3.12. The summed E-state index contributed by atoms with van der Waals surface area (Å²) < 4.78 is 5.06. The molecule has 2 fully saturated rings. The summed E-state index contributed by atoms with van der Waals surface area (Å²) >= 11 is 0. The molecule has 2 aliphatic carbocycles. The molecule has 82 valence electrons. The zero-order valence-electron chi connectivity index (χ0n) is 9.24. The molecule has 2 nitrogen and oxygen atoms in total. The van der Waals surface area contributed by atoms with Crippen molar-refractivity contribution in [1.29, 1.82) is 0 Å². The Morgan fingerprint density at radius 3 is 2.79 bits per heavy atom. The van der Waals surface area contributed by atoms with Gasteiger partial charge >= 0.3 is 0 Å². The van der Waals surface area contributed by atoms with Crippen LogP contribution in [0.4, 0.5) is 0 Å². The second-order valence-electron chi connectivity index (χ2n) is 5.23. The first-order valence-electron chi connectivity index (χ1n) is 6.04. The van der Waals surface area contributed by atoms with Gasteiger partial charge in [0.1, 0.15) is 0 Å². The van der Waals surface area contributed by atoms with Crippen molar-refractivity contribution >= 4 is 0 Å². The van der Waals surface area contributed by atoms with Crippen LogP contribution in [0.15, 0.2) is 0 Å². The molecule has 0 aliphatic heterocycles. The van der Waals surface area contributed by atoms with Crippen LogP contribution in [0.5, 0.6) is 0 Å². The van der Waals surface area contributed by atoms with Crippen LogP contribution in [-0.2, 0) is 4.74 Å². The fourth-order valence-corrected chi connectivity index (χ4v) is 3.46. The minimum absolute atomic E-state index is 0.263. The van der Waals surface area contributed by atoms with Crippen molar-refractivity contribution in [3.05, 3.63) is 0 Å². The molecule has 0 radical (unpaired) electrons. The smallest absolute Gasteiger partial charge is 0.0613 e. The lowest BCUT2D eigenvalue weighted by Gasteiger charge is -2.22. The molecule has 2 heteroatoms. The van der Waals surface area contributed by atoms with Gasteiger partial charge in [-0.05, 0) is 49.9 Å². The first-order chi connectivity index (χ1) is 6.79. The molecule has 2 bridgehead atoms.